The predicted molar refractivity (Wildman–Crippen MR) is 60.2 cm³/mol. The van der Waals surface area contributed by atoms with Crippen LogP contribution in [0.4, 0.5) is 0 Å². The first-order chi connectivity index (χ1) is 7.72. The zero-order valence-corrected chi connectivity index (χ0v) is 9.29. The van der Waals surface area contributed by atoms with Crippen LogP contribution >= 0.6 is 0 Å². The number of hydrogen-bond acceptors (Lipinski definition) is 4. The second-order valence-electron chi connectivity index (χ2n) is 3.80. The molecule has 4 nitrogen and oxygen atoms in total. The molecule has 0 amide bonds. The highest BCUT2D eigenvalue weighted by atomic mass is 16.6. The molecule has 2 N–H and O–H groups in total. The number of nitrogens with two attached hydrogens (primary N) is 1. The molecule has 1 aromatic rings. The number of benzene rings is 1. The molecule has 1 aliphatic heterocycles. The molecular weight excluding hydrogens is 206 g/mol. The van der Waals surface area contributed by atoms with Crippen molar-refractivity contribution >= 4 is 5.78 Å². The monoisotopic (exact) mass is 221 g/mol. The normalized spacial score (nSPS) is 13.6. The number of aryl methyl sites for hydroxylation is 1. The summed E-state index contributed by atoms with van der Waals surface area (Å²) in [6.45, 7) is 3.29. The molecule has 0 unspecified atom stereocenters. The number of carbonyl (C=O) groups excluding carboxylic acids is 1. The van der Waals surface area contributed by atoms with Crippen molar-refractivity contribution in [1.82, 2.24) is 0 Å². The van der Waals surface area contributed by atoms with Gasteiger partial charge in [0.25, 0.3) is 0 Å². The van der Waals surface area contributed by atoms with Gasteiger partial charge in [0.1, 0.15) is 13.2 Å². The van der Waals surface area contributed by atoms with Crippen LogP contribution in [-0.2, 0) is 0 Å². The lowest BCUT2D eigenvalue weighted by atomic mass is 10.0. The summed E-state index contributed by atoms with van der Waals surface area (Å²) in [5.74, 6) is 1.23. The average Bonchev–Trinajstić information content (AvgIpc) is 2.28. The topological polar surface area (TPSA) is 61.6 Å². The Kier molecular flexibility index (Phi) is 3.10. The molecule has 0 saturated carbocycles. The van der Waals surface area contributed by atoms with E-state index in [1.807, 2.05) is 19.1 Å². The summed E-state index contributed by atoms with van der Waals surface area (Å²) in [6, 6.07) is 3.71. The minimum Gasteiger partial charge on any atom is -0.486 e. The third kappa shape index (κ3) is 2.02. The van der Waals surface area contributed by atoms with E-state index in [0.717, 1.165) is 5.56 Å². The number of ketones is 1. The van der Waals surface area contributed by atoms with Crippen molar-refractivity contribution in [3.05, 3.63) is 23.3 Å². The van der Waals surface area contributed by atoms with Gasteiger partial charge in [0.2, 0.25) is 0 Å². The smallest absolute Gasteiger partial charge is 0.172 e. The van der Waals surface area contributed by atoms with Crippen LogP contribution in [-0.4, -0.2) is 25.5 Å². The summed E-state index contributed by atoms with van der Waals surface area (Å²) in [5, 5.41) is 0. The maximum absolute atomic E-state index is 11.9. The lowest BCUT2D eigenvalue weighted by Gasteiger charge is -2.21. The number of rotatable bonds is 3. The van der Waals surface area contributed by atoms with Gasteiger partial charge in [0.05, 0.1) is 5.56 Å². The van der Waals surface area contributed by atoms with Gasteiger partial charge in [-0.3, -0.25) is 4.79 Å². The van der Waals surface area contributed by atoms with Crippen LogP contribution in [0.3, 0.4) is 0 Å². The Hall–Kier alpha value is -1.55. The Bertz CT molecular complexity index is 415. The molecule has 0 aromatic heterocycles. The van der Waals surface area contributed by atoms with Crippen molar-refractivity contribution in [1.29, 1.82) is 0 Å². The minimum absolute atomic E-state index is 0.00736. The highest BCUT2D eigenvalue weighted by Gasteiger charge is 2.20. The lowest BCUT2D eigenvalue weighted by molar-refractivity contribution is 0.0974. The third-order valence-corrected chi connectivity index (χ3v) is 2.46. The molecule has 1 heterocycles. The van der Waals surface area contributed by atoms with E-state index in [1.165, 1.54) is 0 Å². The molecule has 86 valence electrons. The Balaban J connectivity index is 2.43. The fourth-order valence-corrected chi connectivity index (χ4v) is 1.76. The highest BCUT2D eigenvalue weighted by molar-refractivity contribution is 5.99. The molecule has 0 radical (unpaired) electrons. The quantitative estimate of drug-likeness (QED) is 0.781. The molecule has 0 fully saturated rings. The molecule has 1 aromatic carbocycles. The van der Waals surface area contributed by atoms with Crippen LogP contribution in [0.2, 0.25) is 0 Å². The fourth-order valence-electron chi connectivity index (χ4n) is 1.76. The van der Waals surface area contributed by atoms with Crippen LogP contribution in [0.1, 0.15) is 22.3 Å². The summed E-state index contributed by atoms with van der Waals surface area (Å²) in [7, 11) is 0. The van der Waals surface area contributed by atoms with Crippen molar-refractivity contribution in [3.63, 3.8) is 0 Å². The molecule has 0 saturated heterocycles. The van der Waals surface area contributed by atoms with E-state index in [9.17, 15) is 4.79 Å². The number of hydrogen-bond donors (Lipinski definition) is 1. The standard InChI is InChI=1S/C12H15NO3/c1-8-6-9(10(14)2-3-13)12-11(7-8)15-4-5-16-12/h6-7H,2-5,13H2,1H3. The molecule has 0 aliphatic carbocycles. The van der Waals surface area contributed by atoms with Crippen LogP contribution < -0.4 is 15.2 Å². The van der Waals surface area contributed by atoms with E-state index < -0.39 is 0 Å². The van der Waals surface area contributed by atoms with E-state index in [4.69, 9.17) is 15.2 Å². The molecule has 16 heavy (non-hydrogen) atoms. The van der Waals surface area contributed by atoms with Crippen LogP contribution in [0.25, 0.3) is 0 Å². The van der Waals surface area contributed by atoms with Gasteiger partial charge in [0.15, 0.2) is 17.3 Å². The van der Waals surface area contributed by atoms with Crippen molar-refractivity contribution in [2.75, 3.05) is 19.8 Å². The molecular formula is C12H15NO3. The minimum atomic E-state index is 0.00736. The van der Waals surface area contributed by atoms with Crippen molar-refractivity contribution in [3.8, 4) is 11.5 Å². The first-order valence-corrected chi connectivity index (χ1v) is 5.36. The Morgan fingerprint density at radius 1 is 1.38 bits per heavy atom. The molecule has 0 atom stereocenters. The van der Waals surface area contributed by atoms with Gasteiger partial charge >= 0.3 is 0 Å². The van der Waals surface area contributed by atoms with E-state index in [2.05, 4.69) is 0 Å². The highest BCUT2D eigenvalue weighted by Crippen LogP contribution is 2.35. The Morgan fingerprint density at radius 3 is 2.88 bits per heavy atom. The van der Waals surface area contributed by atoms with Crippen molar-refractivity contribution < 1.29 is 14.3 Å². The maximum atomic E-state index is 11.9. The first-order valence-electron chi connectivity index (χ1n) is 5.36. The fraction of sp³-hybridized carbons (Fsp3) is 0.417. The number of ether oxygens (including phenoxy) is 2. The van der Waals surface area contributed by atoms with Gasteiger partial charge in [-0.15, -0.1) is 0 Å². The summed E-state index contributed by atoms with van der Waals surface area (Å²) in [6.07, 6.45) is 0.333. The van der Waals surface area contributed by atoms with Crippen molar-refractivity contribution in [2.24, 2.45) is 5.73 Å². The molecule has 2 rings (SSSR count). The average molecular weight is 221 g/mol. The van der Waals surface area contributed by atoms with Crippen LogP contribution in [0.5, 0.6) is 11.5 Å². The first kappa shape index (κ1) is 11.0. The van der Waals surface area contributed by atoms with E-state index in [1.54, 1.807) is 0 Å². The van der Waals surface area contributed by atoms with E-state index in [0.29, 0.717) is 43.2 Å². The van der Waals surface area contributed by atoms with Crippen LogP contribution in [0, 0.1) is 6.92 Å². The van der Waals surface area contributed by atoms with Gasteiger partial charge in [-0.1, -0.05) is 0 Å². The number of carbonyl (C=O) groups is 1. The lowest BCUT2D eigenvalue weighted by Crippen LogP contribution is -2.19. The van der Waals surface area contributed by atoms with Crippen LogP contribution in [0.15, 0.2) is 12.1 Å². The van der Waals surface area contributed by atoms with Gasteiger partial charge in [-0.05, 0) is 31.2 Å². The second-order valence-corrected chi connectivity index (χ2v) is 3.80. The molecule has 0 bridgehead atoms. The van der Waals surface area contributed by atoms with E-state index >= 15 is 0 Å². The summed E-state index contributed by atoms with van der Waals surface area (Å²) in [4.78, 5) is 11.9. The molecule has 1 aliphatic rings. The van der Waals surface area contributed by atoms with Gasteiger partial charge in [-0.25, -0.2) is 0 Å². The zero-order chi connectivity index (χ0) is 11.5. The van der Waals surface area contributed by atoms with Gasteiger partial charge < -0.3 is 15.2 Å². The molecule has 4 heteroatoms. The Morgan fingerprint density at radius 2 is 2.12 bits per heavy atom. The molecule has 0 spiro atoms. The van der Waals surface area contributed by atoms with Gasteiger partial charge in [0, 0.05) is 6.42 Å². The SMILES string of the molecule is Cc1cc2c(c(C(=O)CCN)c1)OCCO2. The summed E-state index contributed by atoms with van der Waals surface area (Å²) >= 11 is 0. The number of fused-ring (bicyclic) bond motifs is 1. The number of Topliss-reactive ketones (excluding diaryl/α,β-unsaturated/α-hetero) is 1. The van der Waals surface area contributed by atoms with E-state index in [-0.39, 0.29) is 5.78 Å². The predicted octanol–water partition coefficient (Wildman–Crippen LogP) is 1.30. The van der Waals surface area contributed by atoms with Gasteiger partial charge in [-0.2, -0.15) is 0 Å². The maximum Gasteiger partial charge on any atom is 0.172 e. The zero-order valence-electron chi connectivity index (χ0n) is 9.29. The third-order valence-electron chi connectivity index (χ3n) is 2.46. The Labute approximate surface area is 94.3 Å². The largest absolute Gasteiger partial charge is 0.486 e. The second kappa shape index (κ2) is 4.53. The summed E-state index contributed by atoms with van der Waals surface area (Å²) in [5.41, 5.74) is 6.96. The summed E-state index contributed by atoms with van der Waals surface area (Å²) < 4.78 is 11.0. The van der Waals surface area contributed by atoms with Crippen molar-refractivity contribution in [2.45, 2.75) is 13.3 Å².